The molecule has 6 heteroatoms. The summed E-state index contributed by atoms with van der Waals surface area (Å²) in [5.41, 5.74) is -0.360. The number of sulfone groups is 1. The second-order valence-corrected chi connectivity index (χ2v) is 8.48. The highest BCUT2D eigenvalue weighted by atomic mass is 32.2. The molecule has 1 aliphatic carbocycles. The predicted molar refractivity (Wildman–Crippen MR) is 79.3 cm³/mol. The molecule has 0 aliphatic heterocycles. The molecule has 0 spiro atoms. The maximum absolute atomic E-state index is 12.4. The first kappa shape index (κ1) is 17.4. The monoisotopic (exact) mass is 305 g/mol. The number of hydrogen-bond acceptors (Lipinski definition) is 5. The first-order valence-corrected chi connectivity index (χ1v) is 8.98. The first-order valence-electron chi connectivity index (χ1n) is 7.26. The van der Waals surface area contributed by atoms with Gasteiger partial charge in [0.1, 0.15) is 0 Å². The molecule has 1 fully saturated rings. The molecular formula is C14H27NO4S. The van der Waals surface area contributed by atoms with Crippen molar-refractivity contribution in [1.29, 1.82) is 0 Å². The molecule has 0 aromatic carbocycles. The van der Waals surface area contributed by atoms with Gasteiger partial charge in [-0.15, -0.1) is 0 Å². The van der Waals surface area contributed by atoms with Crippen molar-refractivity contribution in [3.63, 3.8) is 0 Å². The molecule has 0 aromatic rings. The lowest BCUT2D eigenvalue weighted by Gasteiger charge is -2.21. The van der Waals surface area contributed by atoms with Gasteiger partial charge in [0.25, 0.3) is 0 Å². The van der Waals surface area contributed by atoms with Crippen molar-refractivity contribution < 1.29 is 17.9 Å². The number of methoxy groups -OCH3 is 1. The zero-order chi connectivity index (χ0) is 15.4. The van der Waals surface area contributed by atoms with Crippen molar-refractivity contribution in [2.45, 2.75) is 57.7 Å². The van der Waals surface area contributed by atoms with Crippen LogP contribution in [-0.4, -0.2) is 45.1 Å². The number of ether oxygens (including phenoxy) is 1. The van der Waals surface area contributed by atoms with Gasteiger partial charge in [0.05, 0.1) is 24.5 Å². The topological polar surface area (TPSA) is 72.5 Å². The van der Waals surface area contributed by atoms with Crippen LogP contribution in [0.25, 0.3) is 0 Å². The Morgan fingerprint density at radius 1 is 1.35 bits per heavy atom. The fourth-order valence-electron chi connectivity index (χ4n) is 2.57. The summed E-state index contributed by atoms with van der Waals surface area (Å²) in [6.07, 6.45) is 2.43. The summed E-state index contributed by atoms with van der Waals surface area (Å²) in [7, 11) is -1.83. The molecular weight excluding hydrogens is 278 g/mol. The van der Waals surface area contributed by atoms with Crippen molar-refractivity contribution in [2.75, 3.05) is 19.4 Å². The van der Waals surface area contributed by atoms with Crippen LogP contribution in [0.3, 0.4) is 0 Å². The highest BCUT2D eigenvalue weighted by Gasteiger charge is 2.48. The van der Waals surface area contributed by atoms with Crippen molar-refractivity contribution in [3.8, 4) is 0 Å². The third kappa shape index (κ3) is 5.05. The molecule has 118 valence electrons. The van der Waals surface area contributed by atoms with Gasteiger partial charge in [-0.3, -0.25) is 4.79 Å². The van der Waals surface area contributed by atoms with Crippen LogP contribution in [0.5, 0.6) is 0 Å². The average Bonchev–Trinajstić information content (AvgIpc) is 3.07. The van der Waals surface area contributed by atoms with Crippen LogP contribution >= 0.6 is 0 Å². The van der Waals surface area contributed by atoms with E-state index in [4.69, 9.17) is 0 Å². The van der Waals surface area contributed by atoms with Crippen molar-refractivity contribution >= 4 is 15.8 Å². The number of carbonyl (C=O) groups excluding carboxylic acids is 1. The zero-order valence-electron chi connectivity index (χ0n) is 12.9. The number of esters is 1. The van der Waals surface area contributed by atoms with Gasteiger partial charge >= 0.3 is 5.97 Å². The van der Waals surface area contributed by atoms with E-state index in [0.29, 0.717) is 6.42 Å². The minimum absolute atomic E-state index is 0.106. The lowest BCUT2D eigenvalue weighted by Crippen LogP contribution is -2.34. The van der Waals surface area contributed by atoms with Gasteiger partial charge in [0, 0.05) is 6.04 Å². The Kier molecular flexibility index (Phi) is 6.01. The Balaban J connectivity index is 2.58. The van der Waals surface area contributed by atoms with E-state index in [1.165, 1.54) is 7.11 Å². The molecule has 1 saturated carbocycles. The smallest absolute Gasteiger partial charge is 0.306 e. The lowest BCUT2D eigenvalue weighted by molar-refractivity contribution is -0.141. The maximum Gasteiger partial charge on any atom is 0.306 e. The fourth-order valence-corrected chi connectivity index (χ4v) is 4.68. The minimum atomic E-state index is -3.17. The molecule has 1 rings (SSSR count). The standard InChI is InChI=1S/C14H27NO4S/c1-5-15-11(2)8-12(3)20(17,18)10-14(6-7-14)9-13(16)19-4/h11-12,15H,5-10H2,1-4H3. The van der Waals surface area contributed by atoms with E-state index in [2.05, 4.69) is 10.1 Å². The lowest BCUT2D eigenvalue weighted by atomic mass is 10.1. The molecule has 5 nitrogen and oxygen atoms in total. The van der Waals surface area contributed by atoms with Crippen LogP contribution in [-0.2, 0) is 19.4 Å². The van der Waals surface area contributed by atoms with E-state index in [1.54, 1.807) is 6.92 Å². The third-order valence-corrected chi connectivity index (χ3v) is 6.50. The predicted octanol–water partition coefficient (Wildman–Crippen LogP) is 1.52. The highest BCUT2D eigenvalue weighted by molar-refractivity contribution is 7.92. The Hall–Kier alpha value is -0.620. The van der Waals surface area contributed by atoms with Gasteiger partial charge in [-0.1, -0.05) is 6.92 Å². The molecule has 1 aliphatic rings. The van der Waals surface area contributed by atoms with Crippen LogP contribution in [0.2, 0.25) is 0 Å². The Bertz CT molecular complexity index is 428. The zero-order valence-corrected chi connectivity index (χ0v) is 13.8. The van der Waals surface area contributed by atoms with Crippen LogP contribution in [0.1, 0.15) is 46.5 Å². The maximum atomic E-state index is 12.4. The van der Waals surface area contributed by atoms with Gasteiger partial charge < -0.3 is 10.1 Å². The van der Waals surface area contributed by atoms with E-state index in [9.17, 15) is 13.2 Å². The summed E-state index contributed by atoms with van der Waals surface area (Å²) in [5.74, 6) is -0.207. The van der Waals surface area contributed by atoms with Crippen LogP contribution in [0, 0.1) is 5.41 Å². The summed E-state index contributed by atoms with van der Waals surface area (Å²) < 4.78 is 29.5. The van der Waals surface area contributed by atoms with Crippen molar-refractivity contribution in [2.24, 2.45) is 5.41 Å². The Morgan fingerprint density at radius 3 is 2.40 bits per heavy atom. The first-order chi connectivity index (χ1) is 9.24. The third-order valence-electron chi connectivity index (χ3n) is 4.06. The van der Waals surface area contributed by atoms with Crippen LogP contribution < -0.4 is 5.32 Å². The number of hydrogen-bond donors (Lipinski definition) is 1. The molecule has 0 amide bonds. The van der Waals surface area contributed by atoms with E-state index in [-0.39, 0.29) is 34.8 Å². The fraction of sp³-hybridized carbons (Fsp3) is 0.929. The molecule has 0 heterocycles. The second-order valence-electron chi connectivity index (χ2n) is 6.07. The van der Waals surface area contributed by atoms with Crippen LogP contribution in [0.15, 0.2) is 0 Å². The molecule has 0 bridgehead atoms. The summed E-state index contributed by atoms with van der Waals surface area (Å²) >= 11 is 0. The largest absolute Gasteiger partial charge is 0.469 e. The van der Waals surface area contributed by atoms with Crippen LogP contribution in [0.4, 0.5) is 0 Å². The number of nitrogens with one attached hydrogen (secondary N) is 1. The second kappa shape index (κ2) is 6.89. The van der Waals surface area contributed by atoms with Crippen molar-refractivity contribution in [1.82, 2.24) is 5.32 Å². The highest BCUT2D eigenvalue weighted by Crippen LogP contribution is 2.50. The normalized spacial score (nSPS) is 20.2. The molecule has 0 saturated heterocycles. The summed E-state index contributed by atoms with van der Waals surface area (Å²) in [6.45, 7) is 6.60. The number of carbonyl (C=O) groups is 1. The van der Waals surface area contributed by atoms with E-state index < -0.39 is 9.84 Å². The van der Waals surface area contributed by atoms with Crippen molar-refractivity contribution in [3.05, 3.63) is 0 Å². The van der Waals surface area contributed by atoms with Gasteiger partial charge in [-0.25, -0.2) is 8.42 Å². The Morgan fingerprint density at radius 2 is 1.95 bits per heavy atom. The minimum Gasteiger partial charge on any atom is -0.469 e. The SMILES string of the molecule is CCNC(C)CC(C)S(=O)(=O)CC1(CC(=O)OC)CC1. The van der Waals surface area contributed by atoms with Gasteiger partial charge in [0.2, 0.25) is 0 Å². The Labute approximate surface area is 122 Å². The van der Waals surface area contributed by atoms with E-state index >= 15 is 0 Å². The average molecular weight is 305 g/mol. The quantitative estimate of drug-likeness (QED) is 0.654. The summed E-state index contributed by atoms with van der Waals surface area (Å²) in [4.78, 5) is 11.4. The molecule has 0 aromatic heterocycles. The molecule has 2 atom stereocenters. The summed E-state index contributed by atoms with van der Waals surface area (Å²) in [6, 6.07) is 0.181. The van der Waals surface area contributed by atoms with Gasteiger partial charge in [-0.05, 0) is 45.1 Å². The molecule has 20 heavy (non-hydrogen) atoms. The van der Waals surface area contributed by atoms with Gasteiger partial charge in [0.15, 0.2) is 9.84 Å². The van der Waals surface area contributed by atoms with E-state index in [1.807, 2.05) is 13.8 Å². The number of rotatable bonds is 9. The van der Waals surface area contributed by atoms with Gasteiger partial charge in [-0.2, -0.15) is 0 Å². The van der Waals surface area contributed by atoms with E-state index in [0.717, 1.165) is 19.4 Å². The molecule has 2 unspecified atom stereocenters. The summed E-state index contributed by atoms with van der Waals surface area (Å²) in [5, 5.41) is 2.85. The molecule has 0 radical (unpaired) electrons. The molecule has 1 N–H and O–H groups in total.